The smallest absolute Gasteiger partial charge is 0.123 e. The van der Waals surface area contributed by atoms with Crippen LogP contribution in [0.3, 0.4) is 0 Å². The predicted molar refractivity (Wildman–Crippen MR) is 88.1 cm³/mol. The molecule has 2 aromatic rings. The summed E-state index contributed by atoms with van der Waals surface area (Å²) in [4.78, 5) is 0. The molecule has 2 aromatic carbocycles. The van der Waals surface area contributed by atoms with Gasteiger partial charge in [0.1, 0.15) is 5.75 Å². The Hall–Kier alpha value is -1.68. The fourth-order valence-corrected chi connectivity index (χ4v) is 2.33. The van der Waals surface area contributed by atoms with Gasteiger partial charge in [-0.05, 0) is 31.5 Å². The third-order valence-electron chi connectivity index (χ3n) is 2.74. The molecule has 2 rings (SSSR count). The zero-order valence-corrected chi connectivity index (χ0v) is 13.3. The standard InChI is InChI=1S/C16H19BrN2O/c1-11(2)20-15-8-13(18)7-14(9-15)19-10-12-5-3-4-6-16(12)17/h3-9,11,19H,10,18H2,1-2H3. The Kier molecular flexibility index (Phi) is 4.90. The van der Waals surface area contributed by atoms with Gasteiger partial charge in [-0.1, -0.05) is 34.1 Å². The van der Waals surface area contributed by atoms with Gasteiger partial charge in [-0.3, -0.25) is 0 Å². The lowest BCUT2D eigenvalue weighted by Gasteiger charge is -2.14. The molecule has 0 amide bonds. The zero-order chi connectivity index (χ0) is 14.5. The Balaban J connectivity index is 2.09. The van der Waals surface area contributed by atoms with Gasteiger partial charge in [0.05, 0.1) is 6.10 Å². The summed E-state index contributed by atoms with van der Waals surface area (Å²) in [5, 5.41) is 3.37. The molecule has 0 aromatic heterocycles. The van der Waals surface area contributed by atoms with E-state index in [1.807, 2.05) is 50.2 Å². The molecule has 0 aliphatic rings. The fourth-order valence-electron chi connectivity index (χ4n) is 1.90. The van der Waals surface area contributed by atoms with Crippen LogP contribution < -0.4 is 15.8 Å². The Morgan fingerprint density at radius 2 is 1.95 bits per heavy atom. The Morgan fingerprint density at radius 1 is 1.20 bits per heavy atom. The number of hydrogen-bond donors (Lipinski definition) is 2. The van der Waals surface area contributed by atoms with Crippen LogP contribution in [-0.2, 0) is 6.54 Å². The lowest BCUT2D eigenvalue weighted by atomic mass is 10.2. The van der Waals surface area contributed by atoms with Crippen LogP contribution in [-0.4, -0.2) is 6.10 Å². The summed E-state index contributed by atoms with van der Waals surface area (Å²) in [6, 6.07) is 13.8. The second kappa shape index (κ2) is 6.66. The van der Waals surface area contributed by atoms with Crippen LogP contribution >= 0.6 is 15.9 Å². The Bertz CT molecular complexity index is 584. The fraction of sp³-hybridized carbons (Fsp3) is 0.250. The maximum Gasteiger partial charge on any atom is 0.123 e. The lowest BCUT2D eigenvalue weighted by Crippen LogP contribution is -2.07. The van der Waals surface area contributed by atoms with Crippen LogP contribution in [0.5, 0.6) is 5.75 Å². The first-order valence-electron chi connectivity index (χ1n) is 6.59. The predicted octanol–water partition coefficient (Wildman–Crippen LogP) is 4.43. The number of nitrogens with two attached hydrogens (primary N) is 1. The van der Waals surface area contributed by atoms with Gasteiger partial charge in [0.25, 0.3) is 0 Å². The molecule has 0 atom stereocenters. The summed E-state index contributed by atoms with van der Waals surface area (Å²) >= 11 is 3.54. The molecule has 3 N–H and O–H groups in total. The third-order valence-corrected chi connectivity index (χ3v) is 3.52. The molecule has 0 heterocycles. The van der Waals surface area contributed by atoms with E-state index in [9.17, 15) is 0 Å². The second-order valence-electron chi connectivity index (χ2n) is 4.90. The van der Waals surface area contributed by atoms with Crippen LogP contribution in [0.2, 0.25) is 0 Å². The number of rotatable bonds is 5. The quantitative estimate of drug-likeness (QED) is 0.795. The van der Waals surface area contributed by atoms with E-state index in [1.165, 1.54) is 5.56 Å². The van der Waals surface area contributed by atoms with E-state index in [0.29, 0.717) is 5.69 Å². The van der Waals surface area contributed by atoms with Crippen molar-refractivity contribution in [3.63, 3.8) is 0 Å². The van der Waals surface area contributed by atoms with Crippen LogP contribution in [0.1, 0.15) is 19.4 Å². The van der Waals surface area contributed by atoms with Crippen LogP contribution in [0.4, 0.5) is 11.4 Å². The molecule has 0 fully saturated rings. The van der Waals surface area contributed by atoms with Crippen molar-refractivity contribution in [1.29, 1.82) is 0 Å². The molecule has 0 aliphatic carbocycles. The van der Waals surface area contributed by atoms with Gasteiger partial charge in [-0.25, -0.2) is 0 Å². The van der Waals surface area contributed by atoms with Crippen molar-refractivity contribution in [1.82, 2.24) is 0 Å². The van der Waals surface area contributed by atoms with Crippen molar-refractivity contribution >= 4 is 27.3 Å². The molecule has 20 heavy (non-hydrogen) atoms. The van der Waals surface area contributed by atoms with Gasteiger partial charge in [0.2, 0.25) is 0 Å². The maximum absolute atomic E-state index is 5.90. The largest absolute Gasteiger partial charge is 0.491 e. The van der Waals surface area contributed by atoms with Crippen LogP contribution in [0, 0.1) is 0 Å². The molecular formula is C16H19BrN2O. The van der Waals surface area contributed by atoms with Crippen LogP contribution in [0.25, 0.3) is 0 Å². The van der Waals surface area contributed by atoms with Crippen molar-refractivity contribution in [2.75, 3.05) is 11.1 Å². The first-order chi connectivity index (χ1) is 9.54. The minimum absolute atomic E-state index is 0.132. The summed E-state index contributed by atoms with van der Waals surface area (Å²) in [7, 11) is 0. The molecule has 0 unspecified atom stereocenters. The minimum atomic E-state index is 0.132. The minimum Gasteiger partial charge on any atom is -0.491 e. The van der Waals surface area contributed by atoms with E-state index in [0.717, 1.165) is 22.5 Å². The first-order valence-corrected chi connectivity index (χ1v) is 7.38. The van der Waals surface area contributed by atoms with E-state index >= 15 is 0 Å². The maximum atomic E-state index is 5.90. The van der Waals surface area contributed by atoms with Gasteiger partial charge >= 0.3 is 0 Å². The highest BCUT2D eigenvalue weighted by molar-refractivity contribution is 9.10. The van der Waals surface area contributed by atoms with E-state index in [-0.39, 0.29) is 6.10 Å². The normalized spacial score (nSPS) is 10.6. The Labute approximate surface area is 128 Å². The van der Waals surface area contributed by atoms with E-state index < -0.39 is 0 Å². The second-order valence-corrected chi connectivity index (χ2v) is 5.76. The van der Waals surface area contributed by atoms with Crippen molar-refractivity contribution in [2.24, 2.45) is 0 Å². The summed E-state index contributed by atoms with van der Waals surface area (Å²) in [5.74, 6) is 0.787. The third kappa shape index (κ3) is 4.17. The molecule has 0 bridgehead atoms. The van der Waals surface area contributed by atoms with Crippen LogP contribution in [0.15, 0.2) is 46.9 Å². The highest BCUT2D eigenvalue weighted by atomic mass is 79.9. The van der Waals surface area contributed by atoms with Crippen molar-refractivity contribution in [3.05, 3.63) is 52.5 Å². The molecular weight excluding hydrogens is 316 g/mol. The van der Waals surface area contributed by atoms with Gasteiger partial charge in [-0.15, -0.1) is 0 Å². The average molecular weight is 335 g/mol. The zero-order valence-electron chi connectivity index (χ0n) is 11.7. The Morgan fingerprint density at radius 3 is 2.65 bits per heavy atom. The SMILES string of the molecule is CC(C)Oc1cc(N)cc(NCc2ccccc2Br)c1. The van der Waals surface area contributed by atoms with E-state index in [1.54, 1.807) is 0 Å². The lowest BCUT2D eigenvalue weighted by molar-refractivity contribution is 0.242. The van der Waals surface area contributed by atoms with Crippen molar-refractivity contribution in [3.8, 4) is 5.75 Å². The van der Waals surface area contributed by atoms with Crippen molar-refractivity contribution in [2.45, 2.75) is 26.5 Å². The van der Waals surface area contributed by atoms with Crippen molar-refractivity contribution < 1.29 is 4.74 Å². The summed E-state index contributed by atoms with van der Waals surface area (Å²) in [6.45, 7) is 4.72. The van der Waals surface area contributed by atoms with Gasteiger partial charge in [0.15, 0.2) is 0 Å². The number of nitrogens with one attached hydrogen (secondary N) is 1. The summed E-state index contributed by atoms with van der Waals surface area (Å²) < 4.78 is 6.77. The molecule has 4 heteroatoms. The number of anilines is 2. The summed E-state index contributed by atoms with van der Waals surface area (Å²) in [5.41, 5.74) is 8.75. The molecule has 0 saturated carbocycles. The summed E-state index contributed by atoms with van der Waals surface area (Å²) in [6.07, 6.45) is 0.132. The average Bonchev–Trinajstić information content (AvgIpc) is 2.36. The highest BCUT2D eigenvalue weighted by Crippen LogP contribution is 2.25. The van der Waals surface area contributed by atoms with Gasteiger partial charge < -0.3 is 15.8 Å². The number of hydrogen-bond acceptors (Lipinski definition) is 3. The molecule has 3 nitrogen and oxygen atoms in total. The number of nitrogen functional groups attached to an aromatic ring is 1. The molecule has 0 spiro atoms. The highest BCUT2D eigenvalue weighted by Gasteiger charge is 2.03. The molecule has 0 radical (unpaired) electrons. The number of halogens is 1. The molecule has 0 saturated heterocycles. The molecule has 106 valence electrons. The van der Waals surface area contributed by atoms with E-state index in [2.05, 4.69) is 27.3 Å². The van der Waals surface area contributed by atoms with Gasteiger partial charge in [0, 0.05) is 34.5 Å². The monoisotopic (exact) mass is 334 g/mol. The first kappa shape index (κ1) is 14.7. The van der Waals surface area contributed by atoms with Gasteiger partial charge in [-0.2, -0.15) is 0 Å². The van der Waals surface area contributed by atoms with E-state index in [4.69, 9.17) is 10.5 Å². The molecule has 0 aliphatic heterocycles. The number of benzene rings is 2. The number of ether oxygens (including phenoxy) is 1. The topological polar surface area (TPSA) is 47.3 Å².